The van der Waals surface area contributed by atoms with Gasteiger partial charge in [-0.25, -0.2) is 14.3 Å². The Balaban J connectivity index is 1.68. The van der Waals surface area contributed by atoms with E-state index in [4.69, 9.17) is 0 Å². The van der Waals surface area contributed by atoms with Crippen molar-refractivity contribution in [2.75, 3.05) is 11.9 Å². The first-order valence-electron chi connectivity index (χ1n) is 8.84. The lowest BCUT2D eigenvalue weighted by molar-refractivity contribution is 0.104. The molecule has 4 aromatic rings. The minimum atomic E-state index is -0.315. The zero-order valence-electron chi connectivity index (χ0n) is 15.3. The second kappa shape index (κ2) is 8.07. The van der Waals surface area contributed by atoms with Gasteiger partial charge in [0.15, 0.2) is 5.65 Å². The Hall–Kier alpha value is -3.78. The van der Waals surface area contributed by atoms with E-state index >= 15 is 0 Å². The Kier molecular flexibility index (Phi) is 5.17. The fourth-order valence-corrected chi connectivity index (χ4v) is 3.59. The molecule has 3 aromatic heterocycles. The van der Waals surface area contributed by atoms with E-state index in [9.17, 15) is 9.59 Å². The maximum absolute atomic E-state index is 12.7. The van der Waals surface area contributed by atoms with Crippen LogP contribution in [0.25, 0.3) is 16.9 Å². The van der Waals surface area contributed by atoms with Crippen LogP contribution in [-0.2, 0) is 0 Å². The van der Waals surface area contributed by atoms with Gasteiger partial charge in [-0.2, -0.15) is 5.10 Å². The van der Waals surface area contributed by atoms with Crippen LogP contribution in [-0.4, -0.2) is 33.0 Å². The molecule has 2 amide bonds. The van der Waals surface area contributed by atoms with E-state index in [0.717, 1.165) is 11.3 Å². The van der Waals surface area contributed by atoms with Crippen LogP contribution in [0.2, 0.25) is 0 Å². The number of thiophene rings is 1. The molecule has 0 aliphatic carbocycles. The summed E-state index contributed by atoms with van der Waals surface area (Å²) in [4.78, 5) is 29.6. The van der Waals surface area contributed by atoms with Gasteiger partial charge in [0.2, 0.25) is 5.78 Å². The van der Waals surface area contributed by atoms with Crippen LogP contribution in [0.4, 0.5) is 10.5 Å². The quantitative estimate of drug-likeness (QED) is 0.376. The number of rotatable bonds is 6. The highest BCUT2D eigenvalue weighted by Gasteiger charge is 2.18. The third-order valence-electron chi connectivity index (χ3n) is 4.21. The van der Waals surface area contributed by atoms with Crippen LogP contribution in [0.1, 0.15) is 15.2 Å². The van der Waals surface area contributed by atoms with E-state index in [1.54, 1.807) is 35.1 Å². The topological polar surface area (TPSA) is 88.4 Å². The summed E-state index contributed by atoms with van der Waals surface area (Å²) in [5, 5.41) is 11.7. The van der Waals surface area contributed by atoms with Crippen molar-refractivity contribution < 1.29 is 9.59 Å². The Morgan fingerprint density at radius 3 is 2.90 bits per heavy atom. The molecule has 1 aromatic carbocycles. The van der Waals surface area contributed by atoms with Crippen molar-refractivity contribution >= 4 is 34.5 Å². The largest absolute Gasteiger partial charge is 0.334 e. The number of urea groups is 1. The molecule has 0 saturated carbocycles. The van der Waals surface area contributed by atoms with E-state index < -0.39 is 0 Å². The van der Waals surface area contributed by atoms with Gasteiger partial charge < -0.3 is 10.6 Å². The van der Waals surface area contributed by atoms with Crippen LogP contribution in [0.3, 0.4) is 0 Å². The van der Waals surface area contributed by atoms with Crippen molar-refractivity contribution in [3.8, 4) is 11.3 Å². The smallest absolute Gasteiger partial charge is 0.319 e. The molecular formula is C21H17N5O2S. The molecule has 0 fully saturated rings. The van der Waals surface area contributed by atoms with Crippen molar-refractivity contribution in [3.05, 3.63) is 83.3 Å². The maximum Gasteiger partial charge on any atom is 0.319 e. The number of hydrogen-bond acceptors (Lipinski definition) is 5. The molecule has 7 nitrogen and oxygen atoms in total. The van der Waals surface area contributed by atoms with Crippen LogP contribution < -0.4 is 10.6 Å². The SMILES string of the molecule is C=CCNC(=O)Nc1cccc(-c2ccnc3c(C(=O)c4cccs4)cnn23)c1. The number of carbonyl (C=O) groups is 2. The van der Waals surface area contributed by atoms with E-state index in [2.05, 4.69) is 27.3 Å². The monoisotopic (exact) mass is 403 g/mol. The van der Waals surface area contributed by atoms with E-state index in [0.29, 0.717) is 28.3 Å². The Morgan fingerprint density at radius 2 is 2.10 bits per heavy atom. The molecule has 0 atom stereocenters. The number of benzene rings is 1. The summed E-state index contributed by atoms with van der Waals surface area (Å²) >= 11 is 1.38. The predicted molar refractivity (Wildman–Crippen MR) is 113 cm³/mol. The fourth-order valence-electron chi connectivity index (χ4n) is 2.91. The number of nitrogens with zero attached hydrogens (tertiary/aromatic N) is 3. The zero-order valence-corrected chi connectivity index (χ0v) is 16.1. The average molecular weight is 403 g/mol. The normalized spacial score (nSPS) is 10.6. The predicted octanol–water partition coefficient (Wildman–Crippen LogP) is 4.00. The van der Waals surface area contributed by atoms with Crippen LogP contribution in [0.15, 0.2) is 72.9 Å². The van der Waals surface area contributed by atoms with Gasteiger partial charge >= 0.3 is 6.03 Å². The molecule has 0 radical (unpaired) electrons. The first kappa shape index (κ1) is 18.6. The summed E-state index contributed by atoms with van der Waals surface area (Å²) in [5.41, 5.74) is 3.17. The number of ketones is 1. The van der Waals surface area contributed by atoms with Gasteiger partial charge in [0.1, 0.15) is 0 Å². The highest BCUT2D eigenvalue weighted by atomic mass is 32.1. The summed E-state index contributed by atoms with van der Waals surface area (Å²) in [6.07, 6.45) is 4.80. The van der Waals surface area contributed by atoms with E-state index in [1.165, 1.54) is 11.3 Å². The Morgan fingerprint density at radius 1 is 1.21 bits per heavy atom. The third-order valence-corrected chi connectivity index (χ3v) is 5.08. The van der Waals surface area contributed by atoms with Gasteiger partial charge in [0.05, 0.1) is 22.3 Å². The summed E-state index contributed by atoms with van der Waals surface area (Å²) < 4.78 is 1.64. The molecule has 0 unspecified atom stereocenters. The fraction of sp³-hybridized carbons (Fsp3) is 0.0476. The lowest BCUT2D eigenvalue weighted by Crippen LogP contribution is -2.28. The first-order chi connectivity index (χ1) is 14.2. The molecule has 8 heteroatoms. The maximum atomic E-state index is 12.7. The van der Waals surface area contributed by atoms with E-state index in [-0.39, 0.29) is 11.8 Å². The van der Waals surface area contributed by atoms with Gasteiger partial charge in [0, 0.05) is 24.0 Å². The summed E-state index contributed by atoms with van der Waals surface area (Å²) in [6, 6.07) is 12.5. The van der Waals surface area contributed by atoms with Crippen molar-refractivity contribution in [2.24, 2.45) is 0 Å². The van der Waals surface area contributed by atoms with Gasteiger partial charge in [-0.1, -0.05) is 24.3 Å². The number of hydrogen-bond donors (Lipinski definition) is 2. The molecule has 4 rings (SSSR count). The molecular weight excluding hydrogens is 386 g/mol. The van der Waals surface area contributed by atoms with Crippen LogP contribution >= 0.6 is 11.3 Å². The summed E-state index contributed by atoms with van der Waals surface area (Å²) in [7, 11) is 0. The molecule has 29 heavy (non-hydrogen) atoms. The molecule has 2 N–H and O–H groups in total. The van der Waals surface area contributed by atoms with Crippen molar-refractivity contribution in [3.63, 3.8) is 0 Å². The molecule has 0 aliphatic heterocycles. The van der Waals surface area contributed by atoms with Crippen molar-refractivity contribution in [1.29, 1.82) is 0 Å². The number of amides is 2. The van der Waals surface area contributed by atoms with Gasteiger partial charge in [0.25, 0.3) is 0 Å². The zero-order chi connectivity index (χ0) is 20.2. The second-order valence-corrected chi connectivity index (χ2v) is 7.08. The number of nitrogens with one attached hydrogen (secondary N) is 2. The standard InChI is InChI=1S/C21H17N5O2S/c1-2-9-23-21(28)25-15-6-3-5-14(12-15)17-8-10-22-20-16(13-24-26(17)20)19(27)18-7-4-11-29-18/h2-8,10-13H,1,9H2,(H2,23,25,28). The average Bonchev–Trinajstić information content (AvgIpc) is 3.42. The Labute approximate surface area is 170 Å². The highest BCUT2D eigenvalue weighted by molar-refractivity contribution is 7.12. The summed E-state index contributed by atoms with van der Waals surface area (Å²) in [5.74, 6) is -0.103. The lowest BCUT2D eigenvalue weighted by Gasteiger charge is -2.09. The lowest BCUT2D eigenvalue weighted by atomic mass is 10.1. The third kappa shape index (κ3) is 3.78. The number of aromatic nitrogens is 3. The molecule has 0 saturated heterocycles. The highest BCUT2D eigenvalue weighted by Crippen LogP contribution is 2.25. The minimum absolute atomic E-state index is 0.103. The first-order valence-corrected chi connectivity index (χ1v) is 9.72. The van der Waals surface area contributed by atoms with Crippen LogP contribution in [0.5, 0.6) is 0 Å². The molecule has 144 valence electrons. The summed E-state index contributed by atoms with van der Waals surface area (Å²) in [6.45, 7) is 3.95. The Bertz CT molecular complexity index is 1200. The van der Waals surface area contributed by atoms with Gasteiger partial charge in [-0.15, -0.1) is 17.9 Å². The van der Waals surface area contributed by atoms with Crippen molar-refractivity contribution in [2.45, 2.75) is 0 Å². The molecule has 0 bridgehead atoms. The van der Waals surface area contributed by atoms with Crippen molar-refractivity contribution in [1.82, 2.24) is 19.9 Å². The molecule has 0 aliphatic rings. The number of fused-ring (bicyclic) bond motifs is 1. The number of anilines is 1. The number of carbonyl (C=O) groups excluding carboxylic acids is 2. The second-order valence-electron chi connectivity index (χ2n) is 6.13. The van der Waals surface area contributed by atoms with Gasteiger partial charge in [-0.3, -0.25) is 4.79 Å². The van der Waals surface area contributed by atoms with E-state index in [1.807, 2.05) is 35.7 Å². The molecule has 0 spiro atoms. The minimum Gasteiger partial charge on any atom is -0.334 e. The molecule has 3 heterocycles. The van der Waals surface area contributed by atoms with Gasteiger partial charge in [-0.05, 0) is 29.6 Å². The van der Waals surface area contributed by atoms with Crippen LogP contribution in [0, 0.1) is 0 Å².